The fourth-order valence-corrected chi connectivity index (χ4v) is 1.63. The third-order valence-corrected chi connectivity index (χ3v) is 2.50. The summed E-state index contributed by atoms with van der Waals surface area (Å²) in [5.74, 6) is 0. The minimum Gasteiger partial charge on any atom is -0.379 e. The molecular formula is C12H28N2O. The van der Waals surface area contributed by atoms with Gasteiger partial charge in [0.05, 0.1) is 13.2 Å². The Hall–Kier alpha value is -0.120. The summed E-state index contributed by atoms with van der Waals surface area (Å²) < 4.78 is 5.59. The third kappa shape index (κ3) is 7.77. The van der Waals surface area contributed by atoms with E-state index >= 15 is 0 Å². The molecule has 0 aliphatic heterocycles. The second kappa shape index (κ2) is 8.08. The van der Waals surface area contributed by atoms with Gasteiger partial charge in [-0.15, -0.1) is 0 Å². The Kier molecular flexibility index (Phi) is 8.02. The molecule has 0 aromatic heterocycles. The average molecular weight is 216 g/mol. The van der Waals surface area contributed by atoms with E-state index in [9.17, 15) is 0 Å². The SMILES string of the molecule is CC(C)N(CCOCCN(C)C)C(C)C. The Morgan fingerprint density at radius 2 is 1.33 bits per heavy atom. The van der Waals surface area contributed by atoms with E-state index in [1.165, 1.54) is 0 Å². The molecule has 0 bridgehead atoms. The minimum absolute atomic E-state index is 0.599. The Balaban J connectivity index is 3.55. The van der Waals surface area contributed by atoms with E-state index in [0.29, 0.717) is 12.1 Å². The fraction of sp³-hybridized carbons (Fsp3) is 1.00. The Bertz CT molecular complexity index is 139. The zero-order valence-corrected chi connectivity index (χ0v) is 11.3. The highest BCUT2D eigenvalue weighted by Crippen LogP contribution is 2.03. The smallest absolute Gasteiger partial charge is 0.0594 e. The molecule has 0 amide bonds. The van der Waals surface area contributed by atoms with Gasteiger partial charge in [0.1, 0.15) is 0 Å². The molecule has 0 aromatic rings. The van der Waals surface area contributed by atoms with E-state index in [0.717, 1.165) is 26.3 Å². The van der Waals surface area contributed by atoms with Crippen LogP contribution in [-0.2, 0) is 4.74 Å². The monoisotopic (exact) mass is 216 g/mol. The first-order valence-electron chi connectivity index (χ1n) is 5.93. The van der Waals surface area contributed by atoms with Gasteiger partial charge in [0.25, 0.3) is 0 Å². The molecule has 0 saturated heterocycles. The molecule has 0 fully saturated rings. The molecule has 3 heteroatoms. The van der Waals surface area contributed by atoms with Crippen molar-refractivity contribution in [3.63, 3.8) is 0 Å². The van der Waals surface area contributed by atoms with E-state index < -0.39 is 0 Å². The molecular weight excluding hydrogens is 188 g/mol. The Morgan fingerprint density at radius 3 is 1.73 bits per heavy atom. The summed E-state index contributed by atoms with van der Waals surface area (Å²) >= 11 is 0. The van der Waals surface area contributed by atoms with Crippen LogP contribution in [0.2, 0.25) is 0 Å². The number of likely N-dealkylation sites (N-methyl/N-ethyl adjacent to an activating group) is 1. The molecule has 0 aromatic carbocycles. The number of nitrogens with zero attached hydrogens (tertiary/aromatic N) is 2. The molecule has 0 aliphatic rings. The molecule has 0 atom stereocenters. The molecule has 0 saturated carbocycles. The van der Waals surface area contributed by atoms with Crippen molar-refractivity contribution >= 4 is 0 Å². The van der Waals surface area contributed by atoms with Crippen molar-refractivity contribution in [2.75, 3.05) is 40.4 Å². The maximum Gasteiger partial charge on any atom is 0.0594 e. The van der Waals surface area contributed by atoms with Gasteiger partial charge in [-0.2, -0.15) is 0 Å². The zero-order valence-electron chi connectivity index (χ0n) is 11.3. The molecule has 3 nitrogen and oxygen atoms in total. The van der Waals surface area contributed by atoms with Crippen molar-refractivity contribution in [3.8, 4) is 0 Å². The highest BCUT2D eigenvalue weighted by Gasteiger charge is 2.12. The van der Waals surface area contributed by atoms with Crippen molar-refractivity contribution < 1.29 is 4.74 Å². The summed E-state index contributed by atoms with van der Waals surface area (Å²) in [6.45, 7) is 12.6. The number of rotatable bonds is 8. The van der Waals surface area contributed by atoms with Crippen molar-refractivity contribution in [1.82, 2.24) is 9.80 Å². The van der Waals surface area contributed by atoms with Crippen molar-refractivity contribution in [2.24, 2.45) is 0 Å². The zero-order chi connectivity index (χ0) is 11.8. The van der Waals surface area contributed by atoms with Crippen LogP contribution in [0.5, 0.6) is 0 Å². The second-order valence-corrected chi connectivity index (χ2v) is 4.84. The van der Waals surface area contributed by atoms with E-state index in [1.54, 1.807) is 0 Å². The quantitative estimate of drug-likeness (QED) is 0.574. The van der Waals surface area contributed by atoms with Crippen molar-refractivity contribution in [2.45, 2.75) is 39.8 Å². The molecule has 0 aliphatic carbocycles. The lowest BCUT2D eigenvalue weighted by Crippen LogP contribution is -2.39. The minimum atomic E-state index is 0.599. The van der Waals surface area contributed by atoms with Gasteiger partial charge < -0.3 is 9.64 Å². The van der Waals surface area contributed by atoms with Crippen LogP contribution in [0.15, 0.2) is 0 Å². The Morgan fingerprint density at radius 1 is 0.867 bits per heavy atom. The van der Waals surface area contributed by atoms with Gasteiger partial charge in [0.2, 0.25) is 0 Å². The summed E-state index contributed by atoms with van der Waals surface area (Å²) in [4.78, 5) is 4.60. The van der Waals surface area contributed by atoms with Crippen LogP contribution < -0.4 is 0 Å². The van der Waals surface area contributed by atoms with Crippen LogP contribution in [-0.4, -0.2) is 62.3 Å². The molecule has 92 valence electrons. The maximum absolute atomic E-state index is 5.59. The van der Waals surface area contributed by atoms with Gasteiger partial charge >= 0.3 is 0 Å². The van der Waals surface area contributed by atoms with Crippen molar-refractivity contribution in [1.29, 1.82) is 0 Å². The van der Waals surface area contributed by atoms with E-state index in [-0.39, 0.29) is 0 Å². The number of hydrogen-bond acceptors (Lipinski definition) is 3. The van der Waals surface area contributed by atoms with Crippen LogP contribution in [0.1, 0.15) is 27.7 Å². The highest BCUT2D eigenvalue weighted by atomic mass is 16.5. The first-order valence-corrected chi connectivity index (χ1v) is 5.93. The topological polar surface area (TPSA) is 15.7 Å². The predicted molar refractivity (Wildman–Crippen MR) is 66.4 cm³/mol. The summed E-state index contributed by atoms with van der Waals surface area (Å²) in [5, 5.41) is 0. The van der Waals surface area contributed by atoms with Crippen LogP contribution in [0.25, 0.3) is 0 Å². The lowest BCUT2D eigenvalue weighted by atomic mass is 10.2. The first-order chi connectivity index (χ1) is 6.95. The van der Waals surface area contributed by atoms with Crippen LogP contribution in [0.4, 0.5) is 0 Å². The largest absolute Gasteiger partial charge is 0.379 e. The number of hydrogen-bond donors (Lipinski definition) is 0. The Labute approximate surface area is 95.4 Å². The fourth-order valence-electron chi connectivity index (χ4n) is 1.63. The third-order valence-electron chi connectivity index (χ3n) is 2.50. The number of ether oxygens (including phenoxy) is 1. The van der Waals surface area contributed by atoms with Gasteiger partial charge in [0.15, 0.2) is 0 Å². The molecule has 0 rings (SSSR count). The van der Waals surface area contributed by atoms with Crippen LogP contribution in [0.3, 0.4) is 0 Å². The van der Waals surface area contributed by atoms with Crippen LogP contribution >= 0.6 is 0 Å². The normalized spacial score (nSPS) is 12.4. The van der Waals surface area contributed by atoms with Gasteiger partial charge in [-0.1, -0.05) is 0 Å². The lowest BCUT2D eigenvalue weighted by molar-refractivity contribution is 0.0711. The average Bonchev–Trinajstić information content (AvgIpc) is 2.08. The molecule has 0 heterocycles. The summed E-state index contributed by atoms with van der Waals surface area (Å²) in [6.07, 6.45) is 0. The van der Waals surface area contributed by atoms with Crippen molar-refractivity contribution in [3.05, 3.63) is 0 Å². The summed E-state index contributed by atoms with van der Waals surface area (Å²) in [5.41, 5.74) is 0. The second-order valence-electron chi connectivity index (χ2n) is 4.84. The molecule has 0 N–H and O–H groups in total. The van der Waals surface area contributed by atoms with E-state index in [2.05, 4.69) is 51.6 Å². The van der Waals surface area contributed by atoms with Gasteiger partial charge in [-0.05, 0) is 41.8 Å². The van der Waals surface area contributed by atoms with E-state index in [1.807, 2.05) is 0 Å². The molecule has 15 heavy (non-hydrogen) atoms. The summed E-state index contributed by atoms with van der Waals surface area (Å²) in [6, 6.07) is 1.20. The van der Waals surface area contributed by atoms with Crippen LogP contribution in [0, 0.1) is 0 Å². The maximum atomic E-state index is 5.59. The molecule has 0 radical (unpaired) electrons. The molecule has 0 spiro atoms. The van der Waals surface area contributed by atoms with Gasteiger partial charge in [-0.25, -0.2) is 0 Å². The first kappa shape index (κ1) is 14.9. The summed E-state index contributed by atoms with van der Waals surface area (Å²) in [7, 11) is 4.13. The van der Waals surface area contributed by atoms with E-state index in [4.69, 9.17) is 4.74 Å². The van der Waals surface area contributed by atoms with Gasteiger partial charge in [-0.3, -0.25) is 4.90 Å². The highest BCUT2D eigenvalue weighted by molar-refractivity contribution is 4.66. The van der Waals surface area contributed by atoms with Gasteiger partial charge in [0, 0.05) is 25.2 Å². The lowest BCUT2D eigenvalue weighted by Gasteiger charge is -2.30. The predicted octanol–water partition coefficient (Wildman–Crippen LogP) is 1.68. The standard InChI is InChI=1S/C12H28N2O/c1-11(2)14(12(3)4)8-10-15-9-7-13(5)6/h11-12H,7-10H2,1-6H3. The molecule has 0 unspecified atom stereocenters.